The van der Waals surface area contributed by atoms with Crippen LogP contribution in [0.25, 0.3) is 0 Å². The van der Waals surface area contributed by atoms with Crippen LogP contribution >= 0.6 is 11.6 Å². The minimum absolute atomic E-state index is 0.0192. The van der Waals surface area contributed by atoms with Crippen molar-refractivity contribution in [2.75, 3.05) is 0 Å². The number of alkyl halides is 3. The van der Waals surface area contributed by atoms with Gasteiger partial charge in [-0.3, -0.25) is 0 Å². The predicted octanol–water partition coefficient (Wildman–Crippen LogP) is 3.53. The van der Waals surface area contributed by atoms with Gasteiger partial charge in [-0.1, -0.05) is 31.4 Å². The molecule has 0 N–H and O–H groups in total. The third-order valence-corrected chi connectivity index (χ3v) is 2.66. The van der Waals surface area contributed by atoms with E-state index in [0.29, 0.717) is 6.54 Å². The summed E-state index contributed by atoms with van der Waals surface area (Å²) in [6.07, 6.45) is 1.54. The predicted molar refractivity (Wildman–Crippen MR) is 58.7 cm³/mol. The molecule has 0 saturated heterocycles. The summed E-state index contributed by atoms with van der Waals surface area (Å²) < 4.78 is 26.7. The summed E-state index contributed by atoms with van der Waals surface area (Å²) >= 11 is 5.52. The van der Waals surface area contributed by atoms with Crippen molar-refractivity contribution in [2.45, 2.75) is 51.5 Å². The second kappa shape index (κ2) is 6.78. The van der Waals surface area contributed by atoms with Gasteiger partial charge in [0.15, 0.2) is 0 Å². The van der Waals surface area contributed by atoms with Crippen molar-refractivity contribution in [1.82, 2.24) is 15.0 Å². The van der Waals surface area contributed by atoms with Crippen molar-refractivity contribution in [3.05, 3.63) is 11.4 Å². The Bertz CT molecular complexity index is 315. The van der Waals surface area contributed by atoms with Crippen LogP contribution in [0, 0.1) is 0 Å². The highest BCUT2D eigenvalue weighted by Gasteiger charge is 2.20. The van der Waals surface area contributed by atoms with Crippen molar-refractivity contribution >= 4 is 11.6 Å². The van der Waals surface area contributed by atoms with E-state index in [0.717, 1.165) is 25.7 Å². The standard InChI is InChI=1S/C10H16ClF2N3/c1-2-3-4-5-6-16-9(10(12)13)8(7-11)14-15-16/h10H,2-7H2,1H3. The van der Waals surface area contributed by atoms with E-state index in [2.05, 4.69) is 17.2 Å². The lowest BCUT2D eigenvalue weighted by molar-refractivity contribution is 0.137. The van der Waals surface area contributed by atoms with Crippen molar-refractivity contribution < 1.29 is 8.78 Å². The summed E-state index contributed by atoms with van der Waals surface area (Å²) in [5.74, 6) is -0.0192. The van der Waals surface area contributed by atoms with Gasteiger partial charge in [-0.05, 0) is 6.42 Å². The van der Waals surface area contributed by atoms with Crippen LogP contribution in [0.2, 0.25) is 0 Å². The second-order valence-electron chi connectivity index (χ2n) is 3.64. The lowest BCUT2D eigenvalue weighted by Gasteiger charge is -2.05. The third-order valence-electron chi connectivity index (χ3n) is 2.40. The number of aryl methyl sites for hydroxylation is 1. The van der Waals surface area contributed by atoms with E-state index >= 15 is 0 Å². The van der Waals surface area contributed by atoms with E-state index in [1.165, 1.54) is 4.68 Å². The molecule has 16 heavy (non-hydrogen) atoms. The van der Waals surface area contributed by atoms with E-state index in [4.69, 9.17) is 11.6 Å². The summed E-state index contributed by atoms with van der Waals surface area (Å²) in [7, 11) is 0. The molecular weight excluding hydrogens is 236 g/mol. The molecule has 0 unspecified atom stereocenters. The first-order valence-corrected chi connectivity index (χ1v) is 6.00. The molecule has 3 nitrogen and oxygen atoms in total. The number of rotatable bonds is 7. The van der Waals surface area contributed by atoms with Gasteiger partial charge in [0.2, 0.25) is 0 Å². The van der Waals surface area contributed by atoms with E-state index in [1.54, 1.807) is 0 Å². The molecule has 1 rings (SSSR count). The number of aromatic nitrogens is 3. The topological polar surface area (TPSA) is 30.7 Å². The number of unbranched alkanes of at least 4 members (excludes halogenated alkanes) is 3. The van der Waals surface area contributed by atoms with E-state index in [-0.39, 0.29) is 17.3 Å². The van der Waals surface area contributed by atoms with Gasteiger partial charge < -0.3 is 0 Å². The van der Waals surface area contributed by atoms with Crippen LogP contribution < -0.4 is 0 Å². The fraction of sp³-hybridized carbons (Fsp3) is 0.800. The van der Waals surface area contributed by atoms with Crippen LogP contribution in [0.4, 0.5) is 8.78 Å². The van der Waals surface area contributed by atoms with Crippen LogP contribution in [0.1, 0.15) is 50.4 Å². The van der Waals surface area contributed by atoms with Gasteiger partial charge in [0.1, 0.15) is 11.4 Å². The fourth-order valence-corrected chi connectivity index (χ4v) is 1.73. The molecule has 0 aliphatic carbocycles. The highest BCUT2D eigenvalue weighted by Crippen LogP contribution is 2.22. The Hall–Kier alpha value is -0.710. The quantitative estimate of drug-likeness (QED) is 0.548. The molecule has 92 valence electrons. The summed E-state index contributed by atoms with van der Waals surface area (Å²) in [6.45, 7) is 2.59. The van der Waals surface area contributed by atoms with Gasteiger partial charge in [0, 0.05) is 6.54 Å². The Morgan fingerprint density at radius 2 is 2.06 bits per heavy atom. The Morgan fingerprint density at radius 3 is 2.62 bits per heavy atom. The zero-order chi connectivity index (χ0) is 12.0. The maximum Gasteiger partial charge on any atom is 0.281 e. The number of nitrogens with zero attached hydrogens (tertiary/aromatic N) is 3. The summed E-state index contributed by atoms with van der Waals surface area (Å²) in [5, 5.41) is 7.36. The largest absolute Gasteiger partial charge is 0.281 e. The first-order valence-electron chi connectivity index (χ1n) is 5.47. The summed E-state index contributed by atoms with van der Waals surface area (Å²) in [4.78, 5) is 0. The lowest BCUT2D eigenvalue weighted by atomic mass is 10.2. The molecule has 0 spiro atoms. The normalized spacial score (nSPS) is 11.3. The zero-order valence-corrected chi connectivity index (χ0v) is 10.1. The van der Waals surface area contributed by atoms with Gasteiger partial charge in [-0.2, -0.15) is 0 Å². The summed E-state index contributed by atoms with van der Waals surface area (Å²) in [5.41, 5.74) is 0.0543. The van der Waals surface area contributed by atoms with Crippen LogP contribution in [-0.2, 0) is 12.4 Å². The highest BCUT2D eigenvalue weighted by molar-refractivity contribution is 6.16. The van der Waals surface area contributed by atoms with Gasteiger partial charge >= 0.3 is 0 Å². The van der Waals surface area contributed by atoms with Gasteiger partial charge in [-0.15, -0.1) is 16.7 Å². The van der Waals surface area contributed by atoms with Crippen LogP contribution in [-0.4, -0.2) is 15.0 Å². The molecular formula is C10H16ClF2N3. The first kappa shape index (κ1) is 13.4. The van der Waals surface area contributed by atoms with Gasteiger partial charge in [0.25, 0.3) is 6.43 Å². The Balaban J connectivity index is 2.61. The second-order valence-corrected chi connectivity index (χ2v) is 3.91. The molecule has 0 aliphatic rings. The fourth-order valence-electron chi connectivity index (χ4n) is 1.54. The van der Waals surface area contributed by atoms with Crippen molar-refractivity contribution in [3.8, 4) is 0 Å². The molecule has 0 aliphatic heterocycles. The molecule has 0 atom stereocenters. The molecule has 1 aromatic heterocycles. The smallest absolute Gasteiger partial charge is 0.243 e. The van der Waals surface area contributed by atoms with E-state index in [1.807, 2.05) is 0 Å². The minimum atomic E-state index is -2.56. The highest BCUT2D eigenvalue weighted by atomic mass is 35.5. The lowest BCUT2D eigenvalue weighted by Crippen LogP contribution is -2.06. The van der Waals surface area contributed by atoms with Crippen LogP contribution in [0.15, 0.2) is 0 Å². The molecule has 0 aromatic carbocycles. The van der Waals surface area contributed by atoms with Crippen molar-refractivity contribution in [1.29, 1.82) is 0 Å². The molecule has 0 fully saturated rings. The van der Waals surface area contributed by atoms with Gasteiger partial charge in [0.05, 0.1) is 5.88 Å². The number of hydrogen-bond acceptors (Lipinski definition) is 2. The Kier molecular flexibility index (Phi) is 5.66. The van der Waals surface area contributed by atoms with Crippen molar-refractivity contribution in [2.24, 2.45) is 0 Å². The monoisotopic (exact) mass is 251 g/mol. The zero-order valence-electron chi connectivity index (χ0n) is 9.30. The molecule has 0 bridgehead atoms. The number of hydrogen-bond donors (Lipinski definition) is 0. The molecule has 6 heteroatoms. The third kappa shape index (κ3) is 3.40. The van der Waals surface area contributed by atoms with Crippen LogP contribution in [0.5, 0.6) is 0 Å². The molecule has 1 aromatic rings. The summed E-state index contributed by atoms with van der Waals surface area (Å²) in [6, 6.07) is 0. The molecule has 0 amide bonds. The Labute approximate surface area is 98.8 Å². The average molecular weight is 252 g/mol. The number of halogens is 3. The maximum absolute atomic E-state index is 12.7. The molecule has 0 saturated carbocycles. The maximum atomic E-state index is 12.7. The van der Waals surface area contributed by atoms with E-state index in [9.17, 15) is 8.78 Å². The average Bonchev–Trinajstić information content (AvgIpc) is 2.67. The minimum Gasteiger partial charge on any atom is -0.243 e. The molecule has 0 radical (unpaired) electrons. The first-order chi connectivity index (χ1) is 7.70. The SMILES string of the molecule is CCCCCCn1nnc(CCl)c1C(F)F. The van der Waals surface area contributed by atoms with Gasteiger partial charge in [-0.25, -0.2) is 13.5 Å². The van der Waals surface area contributed by atoms with Crippen molar-refractivity contribution in [3.63, 3.8) is 0 Å². The Morgan fingerprint density at radius 1 is 1.31 bits per heavy atom. The van der Waals surface area contributed by atoms with Crippen LogP contribution in [0.3, 0.4) is 0 Å². The molecule has 1 heterocycles. The van der Waals surface area contributed by atoms with E-state index < -0.39 is 6.43 Å².